The van der Waals surface area contributed by atoms with Gasteiger partial charge < -0.3 is 9.47 Å². The van der Waals surface area contributed by atoms with Crippen LogP contribution in [-0.4, -0.2) is 41.9 Å². The van der Waals surface area contributed by atoms with Crippen molar-refractivity contribution in [3.63, 3.8) is 0 Å². The molecule has 2 aliphatic heterocycles. The first-order valence-electron chi connectivity index (χ1n) is 6.37. The Balaban J connectivity index is 1.63. The van der Waals surface area contributed by atoms with Crippen LogP contribution in [0.15, 0.2) is 0 Å². The van der Waals surface area contributed by atoms with Crippen molar-refractivity contribution in [2.75, 3.05) is 19.8 Å². The topological polar surface area (TPSA) is 48.0 Å². The van der Waals surface area contributed by atoms with Crippen molar-refractivity contribution in [1.29, 1.82) is 0 Å². The van der Waals surface area contributed by atoms with Gasteiger partial charge >= 0.3 is 6.09 Å². The van der Waals surface area contributed by atoms with Gasteiger partial charge in [0.15, 0.2) is 0 Å². The zero-order valence-corrected chi connectivity index (χ0v) is 11.7. The number of hydrogen-bond acceptors (Lipinski definition) is 5. The van der Waals surface area contributed by atoms with E-state index in [4.69, 9.17) is 13.7 Å². The summed E-state index contributed by atoms with van der Waals surface area (Å²) in [7, 11) is 0. The molecule has 3 aliphatic rings. The summed E-state index contributed by atoms with van der Waals surface area (Å²) in [5.74, 6) is 1.76. The van der Waals surface area contributed by atoms with Crippen molar-refractivity contribution in [2.24, 2.45) is 17.8 Å². The Morgan fingerprint density at radius 3 is 2.56 bits per heavy atom. The van der Waals surface area contributed by atoms with Crippen molar-refractivity contribution in [1.82, 2.24) is 4.31 Å². The first-order chi connectivity index (χ1) is 8.47. The second-order valence-corrected chi connectivity index (χ2v) is 6.95. The molecule has 2 heterocycles. The molecule has 3 rings (SSSR count). The third-order valence-electron chi connectivity index (χ3n) is 3.71. The molecule has 6 heteroatoms. The highest BCUT2D eigenvalue weighted by Crippen LogP contribution is 2.55. The number of fused-ring (bicyclic) bond motifs is 1. The third kappa shape index (κ3) is 2.21. The van der Waals surface area contributed by atoms with Crippen molar-refractivity contribution in [3.05, 3.63) is 0 Å². The Bertz CT molecular complexity index is 346. The third-order valence-corrected chi connectivity index (χ3v) is 4.53. The molecule has 0 radical (unpaired) electrons. The number of carbonyl (C=O) groups excluding carboxylic acids is 1. The van der Waals surface area contributed by atoms with E-state index >= 15 is 0 Å². The van der Waals surface area contributed by atoms with Gasteiger partial charge in [-0.1, -0.05) is 0 Å². The van der Waals surface area contributed by atoms with Gasteiger partial charge in [-0.3, -0.25) is 4.18 Å². The lowest BCUT2D eigenvalue weighted by atomic mass is 10.1. The highest BCUT2D eigenvalue weighted by Gasteiger charge is 2.60. The van der Waals surface area contributed by atoms with Crippen LogP contribution < -0.4 is 0 Å². The largest absolute Gasteiger partial charge is 0.443 e. The molecule has 0 aromatic carbocycles. The minimum atomic E-state index is -0.465. The number of ether oxygens (including phenoxy) is 2. The lowest BCUT2D eigenvalue weighted by Crippen LogP contribution is -2.39. The molecule has 3 atom stereocenters. The molecule has 0 aromatic heterocycles. The van der Waals surface area contributed by atoms with E-state index in [0.717, 1.165) is 25.4 Å². The molecule has 1 amide bonds. The highest BCUT2D eigenvalue weighted by molar-refractivity contribution is 7.93. The second-order valence-electron chi connectivity index (χ2n) is 6.18. The van der Waals surface area contributed by atoms with E-state index in [-0.39, 0.29) is 12.1 Å². The van der Waals surface area contributed by atoms with Gasteiger partial charge in [0.1, 0.15) is 17.8 Å². The number of nitrogens with zero attached hydrogens (tertiary/aromatic N) is 1. The molecule has 0 N–H and O–H groups in total. The van der Waals surface area contributed by atoms with E-state index in [1.165, 1.54) is 0 Å². The SMILES string of the molecule is CC(C)(C)OC(=O)N1SOCC1C1C2COCC21. The summed E-state index contributed by atoms with van der Waals surface area (Å²) >= 11 is 1.12. The van der Waals surface area contributed by atoms with Crippen molar-refractivity contribution >= 4 is 18.3 Å². The Morgan fingerprint density at radius 2 is 1.94 bits per heavy atom. The predicted octanol–water partition coefficient (Wildman–Crippen LogP) is 2.08. The van der Waals surface area contributed by atoms with Crippen LogP contribution in [0.3, 0.4) is 0 Å². The molecule has 102 valence electrons. The average molecular weight is 273 g/mol. The highest BCUT2D eigenvalue weighted by atomic mass is 32.2. The van der Waals surface area contributed by atoms with E-state index in [9.17, 15) is 4.79 Å². The van der Waals surface area contributed by atoms with Crippen LogP contribution in [0, 0.1) is 17.8 Å². The van der Waals surface area contributed by atoms with Gasteiger partial charge in [0, 0.05) is 0 Å². The lowest BCUT2D eigenvalue weighted by molar-refractivity contribution is 0.0333. The van der Waals surface area contributed by atoms with Gasteiger partial charge in [0.05, 0.1) is 25.9 Å². The Kier molecular flexibility index (Phi) is 2.99. The van der Waals surface area contributed by atoms with E-state index < -0.39 is 5.60 Å². The smallest absolute Gasteiger partial charge is 0.422 e. The number of hydrogen-bond donors (Lipinski definition) is 0. The normalized spacial score (nSPS) is 38.7. The quantitative estimate of drug-likeness (QED) is 0.541. The molecule has 1 aliphatic carbocycles. The van der Waals surface area contributed by atoms with Gasteiger partial charge in [-0.2, -0.15) is 0 Å². The van der Waals surface area contributed by atoms with Gasteiger partial charge in [0.25, 0.3) is 0 Å². The summed E-state index contributed by atoms with van der Waals surface area (Å²) < 4.78 is 17.8. The maximum atomic E-state index is 12.1. The van der Waals surface area contributed by atoms with Gasteiger partial charge in [-0.05, 0) is 38.5 Å². The van der Waals surface area contributed by atoms with E-state index in [2.05, 4.69) is 0 Å². The predicted molar refractivity (Wildman–Crippen MR) is 66.7 cm³/mol. The molecule has 5 nitrogen and oxygen atoms in total. The summed E-state index contributed by atoms with van der Waals surface area (Å²) in [6, 6.07) is 0.142. The molecule has 3 fully saturated rings. The van der Waals surface area contributed by atoms with Gasteiger partial charge in [-0.15, -0.1) is 0 Å². The number of amides is 1. The maximum absolute atomic E-state index is 12.1. The molecular formula is C12H19NO4S. The minimum absolute atomic E-state index is 0.142. The summed E-state index contributed by atoms with van der Waals surface area (Å²) in [4.78, 5) is 12.1. The van der Waals surface area contributed by atoms with E-state index in [0.29, 0.717) is 24.4 Å². The fraction of sp³-hybridized carbons (Fsp3) is 0.917. The summed E-state index contributed by atoms with van der Waals surface area (Å²) in [5, 5.41) is 0. The fourth-order valence-electron chi connectivity index (χ4n) is 2.88. The molecule has 18 heavy (non-hydrogen) atoms. The van der Waals surface area contributed by atoms with Crippen LogP contribution >= 0.6 is 12.2 Å². The Morgan fingerprint density at radius 1 is 1.28 bits per heavy atom. The summed E-state index contributed by atoms with van der Waals surface area (Å²) in [6.07, 6.45) is -0.291. The minimum Gasteiger partial charge on any atom is -0.443 e. The fourth-order valence-corrected chi connectivity index (χ4v) is 3.60. The Hall–Kier alpha value is -0.460. The average Bonchev–Trinajstić information content (AvgIpc) is 2.73. The van der Waals surface area contributed by atoms with Crippen molar-refractivity contribution in [3.8, 4) is 0 Å². The summed E-state index contributed by atoms with van der Waals surface area (Å²) in [6.45, 7) is 7.89. The van der Waals surface area contributed by atoms with Crippen LogP contribution in [0.5, 0.6) is 0 Å². The van der Waals surface area contributed by atoms with E-state index in [1.807, 2.05) is 20.8 Å². The van der Waals surface area contributed by atoms with Crippen LogP contribution in [0.1, 0.15) is 20.8 Å². The molecule has 0 bridgehead atoms. The van der Waals surface area contributed by atoms with Crippen LogP contribution in [-0.2, 0) is 13.7 Å². The molecule has 2 saturated heterocycles. The Labute approximate surface area is 111 Å². The lowest BCUT2D eigenvalue weighted by Gasteiger charge is -2.26. The zero-order chi connectivity index (χ0) is 12.9. The molecule has 3 unspecified atom stereocenters. The second kappa shape index (κ2) is 4.28. The first-order valence-corrected chi connectivity index (χ1v) is 7.07. The number of rotatable bonds is 1. The molecule has 0 spiro atoms. The molecule has 0 aromatic rings. The standard InChI is InChI=1S/C12H19NO4S/c1-12(2,3)17-11(14)13-9(6-16-18-13)10-7-4-15-5-8(7)10/h7-10H,4-6H2,1-3H3. The monoisotopic (exact) mass is 273 g/mol. The van der Waals surface area contributed by atoms with Crippen molar-refractivity contribution in [2.45, 2.75) is 32.4 Å². The number of carbonyl (C=O) groups is 1. The van der Waals surface area contributed by atoms with Crippen LogP contribution in [0.4, 0.5) is 4.79 Å². The van der Waals surface area contributed by atoms with Gasteiger partial charge in [-0.25, -0.2) is 9.10 Å². The van der Waals surface area contributed by atoms with Crippen molar-refractivity contribution < 1.29 is 18.5 Å². The molecule has 1 saturated carbocycles. The van der Waals surface area contributed by atoms with E-state index in [1.54, 1.807) is 4.31 Å². The molecular weight excluding hydrogens is 254 g/mol. The van der Waals surface area contributed by atoms with Crippen LogP contribution in [0.2, 0.25) is 0 Å². The summed E-state index contributed by atoms with van der Waals surface area (Å²) in [5.41, 5.74) is -0.465. The maximum Gasteiger partial charge on any atom is 0.422 e. The van der Waals surface area contributed by atoms with Gasteiger partial charge in [0.2, 0.25) is 0 Å². The first kappa shape index (κ1) is 12.6. The zero-order valence-electron chi connectivity index (χ0n) is 10.9. The van der Waals surface area contributed by atoms with Crippen LogP contribution in [0.25, 0.3) is 0 Å².